The molecule has 5 heterocycles. The quantitative estimate of drug-likeness (QED) is 0.774. The van der Waals surface area contributed by atoms with Crippen LogP contribution in [0.1, 0.15) is 30.0 Å². The Morgan fingerprint density at radius 3 is 2.73 bits per heavy atom. The number of piperidine rings is 1. The number of alkyl halides is 2. The lowest BCUT2D eigenvalue weighted by molar-refractivity contribution is -0.136. The van der Waals surface area contributed by atoms with E-state index < -0.39 is 24.9 Å². The lowest BCUT2D eigenvalue weighted by Crippen LogP contribution is -2.53. The van der Waals surface area contributed by atoms with Crippen LogP contribution < -0.4 is 10.9 Å². The number of carbonyl (C=O) groups is 1. The topological polar surface area (TPSA) is 66.8 Å². The first kappa shape index (κ1) is 20.1. The first-order valence-corrected chi connectivity index (χ1v) is 10.8. The number of fused-ring (bicyclic) bond motifs is 4. The molecule has 0 aromatic carbocycles. The van der Waals surface area contributed by atoms with Gasteiger partial charge >= 0.3 is 0 Å². The van der Waals surface area contributed by atoms with E-state index in [0.29, 0.717) is 39.4 Å². The Hall–Kier alpha value is -1.84. The van der Waals surface area contributed by atoms with Crippen molar-refractivity contribution >= 4 is 5.91 Å². The van der Waals surface area contributed by atoms with Gasteiger partial charge < -0.3 is 14.2 Å². The fraction of sp³-hybridized carbons (Fsp3) is 0.714. The van der Waals surface area contributed by atoms with E-state index in [0.717, 1.165) is 30.8 Å². The molecule has 1 N–H and O–H groups in total. The highest BCUT2D eigenvalue weighted by Crippen LogP contribution is 2.36. The molecule has 3 atom stereocenters. The molecule has 3 saturated heterocycles. The van der Waals surface area contributed by atoms with E-state index in [1.54, 1.807) is 4.90 Å². The number of hydrogen-bond donors (Lipinski definition) is 1. The van der Waals surface area contributed by atoms with E-state index in [2.05, 4.69) is 10.2 Å². The Bertz CT molecular complexity index is 883. The van der Waals surface area contributed by atoms with Gasteiger partial charge in [-0.05, 0) is 18.4 Å². The van der Waals surface area contributed by atoms with Crippen molar-refractivity contribution in [2.75, 3.05) is 45.9 Å². The lowest BCUT2D eigenvalue weighted by atomic mass is 9.82. The van der Waals surface area contributed by atoms with Crippen LogP contribution >= 0.6 is 0 Å². The number of nitrogens with zero attached hydrogens (tertiary/aromatic N) is 3. The van der Waals surface area contributed by atoms with Gasteiger partial charge in [-0.2, -0.15) is 0 Å². The van der Waals surface area contributed by atoms with Crippen LogP contribution in [0.25, 0.3) is 0 Å². The maximum atomic E-state index is 13.5. The zero-order valence-corrected chi connectivity index (χ0v) is 17.0. The summed E-state index contributed by atoms with van der Waals surface area (Å²) in [6.45, 7) is 4.84. The molecule has 0 unspecified atom stereocenters. The number of carbonyl (C=O) groups excluding carboxylic acids is 1. The summed E-state index contributed by atoms with van der Waals surface area (Å²) in [4.78, 5) is 29.9. The summed E-state index contributed by atoms with van der Waals surface area (Å²) in [5.74, 6) is -2.79. The molecular formula is C21H28F2N4O3. The molecule has 1 aromatic rings. The minimum atomic E-state index is -2.82. The number of halogens is 2. The first-order valence-electron chi connectivity index (χ1n) is 10.8. The summed E-state index contributed by atoms with van der Waals surface area (Å²) in [7, 11) is 0. The van der Waals surface area contributed by atoms with Crippen molar-refractivity contribution in [2.24, 2.45) is 5.92 Å². The number of ether oxygens (including phenoxy) is 1. The molecule has 0 aliphatic carbocycles. The Morgan fingerprint density at radius 2 is 2.00 bits per heavy atom. The minimum Gasteiger partial charge on any atom is -0.379 e. The van der Waals surface area contributed by atoms with Gasteiger partial charge in [-0.25, -0.2) is 8.78 Å². The van der Waals surface area contributed by atoms with E-state index in [1.165, 1.54) is 0 Å². The second kappa shape index (κ2) is 7.69. The highest BCUT2D eigenvalue weighted by molar-refractivity contribution is 5.82. The van der Waals surface area contributed by atoms with Crippen LogP contribution in [0, 0.1) is 5.92 Å². The molecule has 4 aliphatic heterocycles. The number of amides is 1. The molecular weight excluding hydrogens is 394 g/mol. The van der Waals surface area contributed by atoms with Gasteiger partial charge in [0.15, 0.2) is 0 Å². The zero-order valence-electron chi connectivity index (χ0n) is 17.0. The third-order valence-corrected chi connectivity index (χ3v) is 6.90. The van der Waals surface area contributed by atoms with Crippen molar-refractivity contribution in [3.63, 3.8) is 0 Å². The van der Waals surface area contributed by atoms with Gasteiger partial charge in [0.2, 0.25) is 5.91 Å². The number of rotatable bonds is 3. The van der Waals surface area contributed by atoms with Crippen LogP contribution in [0.2, 0.25) is 0 Å². The van der Waals surface area contributed by atoms with E-state index in [-0.39, 0.29) is 23.3 Å². The predicted octanol–water partition coefficient (Wildman–Crippen LogP) is 0.623. The van der Waals surface area contributed by atoms with Crippen molar-refractivity contribution < 1.29 is 18.3 Å². The van der Waals surface area contributed by atoms with Crippen LogP contribution in [-0.4, -0.2) is 78.2 Å². The molecule has 1 aromatic heterocycles. The number of hydrogen-bond acceptors (Lipinski definition) is 5. The van der Waals surface area contributed by atoms with Crippen LogP contribution in [0.5, 0.6) is 0 Å². The van der Waals surface area contributed by atoms with E-state index >= 15 is 0 Å². The van der Waals surface area contributed by atoms with Crippen LogP contribution in [0.15, 0.2) is 16.9 Å². The maximum absolute atomic E-state index is 13.5. The molecule has 3 fully saturated rings. The Labute approximate surface area is 174 Å². The first-order chi connectivity index (χ1) is 14.4. The maximum Gasteiger partial charge on any atom is 0.262 e. The van der Waals surface area contributed by atoms with Gasteiger partial charge in [0, 0.05) is 62.9 Å². The van der Waals surface area contributed by atoms with E-state index in [4.69, 9.17) is 4.74 Å². The predicted molar refractivity (Wildman–Crippen MR) is 106 cm³/mol. The summed E-state index contributed by atoms with van der Waals surface area (Å²) in [6, 6.07) is 3.13. The molecule has 1 amide bonds. The molecule has 0 spiro atoms. The summed E-state index contributed by atoms with van der Waals surface area (Å²) >= 11 is 0. The van der Waals surface area contributed by atoms with Crippen molar-refractivity contribution in [3.8, 4) is 0 Å². The summed E-state index contributed by atoms with van der Waals surface area (Å²) in [5, 5.41) is 2.67. The molecule has 7 nitrogen and oxygen atoms in total. The molecule has 2 bridgehead atoms. The Balaban J connectivity index is 1.32. The van der Waals surface area contributed by atoms with Gasteiger partial charge in [-0.1, -0.05) is 6.07 Å². The van der Waals surface area contributed by atoms with E-state index in [9.17, 15) is 18.4 Å². The van der Waals surface area contributed by atoms with E-state index in [1.807, 2.05) is 16.7 Å². The zero-order chi connectivity index (χ0) is 20.9. The van der Waals surface area contributed by atoms with Crippen molar-refractivity contribution in [1.29, 1.82) is 0 Å². The molecule has 30 heavy (non-hydrogen) atoms. The number of morpholine rings is 1. The number of aromatic nitrogens is 1. The van der Waals surface area contributed by atoms with Gasteiger partial charge in [-0.15, -0.1) is 0 Å². The van der Waals surface area contributed by atoms with Crippen molar-refractivity contribution in [1.82, 2.24) is 19.7 Å². The average molecular weight is 422 g/mol. The second-order valence-electron chi connectivity index (χ2n) is 9.12. The molecule has 9 heteroatoms. The largest absolute Gasteiger partial charge is 0.379 e. The SMILES string of the molecule is O=C([C@@H]1CC(F)(F)CN1)N1C[C@@H]2C[C@H](C1)c1ccc(CN3CCOCC3)c(=O)n1C2. The highest BCUT2D eigenvalue weighted by Gasteiger charge is 2.45. The standard InChI is InChI=1S/C21H28F2N4O3/c22-21(23)8-17(24-13-21)20(29)26-9-14-7-16(12-26)18-2-1-15(19(28)27(18)10-14)11-25-3-5-30-6-4-25/h1-2,14,16-17,24H,3-13H2/t14-,16+,17-/m0/s1. The van der Waals surface area contributed by atoms with Gasteiger partial charge in [0.1, 0.15) is 0 Å². The molecule has 0 radical (unpaired) electrons. The number of pyridine rings is 1. The number of nitrogens with one attached hydrogen (secondary N) is 1. The summed E-state index contributed by atoms with van der Waals surface area (Å²) in [5.41, 5.74) is 1.82. The molecule has 0 saturated carbocycles. The van der Waals surface area contributed by atoms with Crippen LogP contribution in [-0.2, 0) is 22.6 Å². The van der Waals surface area contributed by atoms with Crippen LogP contribution in [0.4, 0.5) is 8.78 Å². The smallest absolute Gasteiger partial charge is 0.262 e. The third-order valence-electron chi connectivity index (χ3n) is 6.90. The summed E-state index contributed by atoms with van der Waals surface area (Å²) in [6.07, 6.45) is 0.499. The Kier molecular flexibility index (Phi) is 5.15. The second-order valence-corrected chi connectivity index (χ2v) is 9.12. The molecule has 5 rings (SSSR count). The third kappa shape index (κ3) is 3.78. The van der Waals surface area contributed by atoms with Gasteiger partial charge in [0.25, 0.3) is 11.5 Å². The van der Waals surface area contributed by atoms with Crippen molar-refractivity contribution in [2.45, 2.75) is 43.8 Å². The van der Waals surface area contributed by atoms with Crippen molar-refractivity contribution in [3.05, 3.63) is 33.7 Å². The average Bonchev–Trinajstić information content (AvgIpc) is 3.10. The molecule has 164 valence electrons. The minimum absolute atomic E-state index is 0.0607. The fourth-order valence-corrected chi connectivity index (χ4v) is 5.40. The highest BCUT2D eigenvalue weighted by atomic mass is 19.3. The fourth-order valence-electron chi connectivity index (χ4n) is 5.40. The lowest BCUT2D eigenvalue weighted by Gasteiger charge is -2.43. The monoisotopic (exact) mass is 422 g/mol. The summed E-state index contributed by atoms with van der Waals surface area (Å²) < 4.78 is 34.3. The Morgan fingerprint density at radius 1 is 1.20 bits per heavy atom. The van der Waals surface area contributed by atoms with Gasteiger partial charge in [0.05, 0.1) is 25.8 Å². The normalized spacial score (nSPS) is 30.9. The van der Waals surface area contributed by atoms with Gasteiger partial charge in [-0.3, -0.25) is 19.8 Å². The number of likely N-dealkylation sites (tertiary alicyclic amines) is 1. The van der Waals surface area contributed by atoms with Crippen LogP contribution in [0.3, 0.4) is 0 Å². The molecule has 4 aliphatic rings.